The number of benzene rings is 1. The molecular weight excluding hydrogens is 272 g/mol. The van der Waals surface area contributed by atoms with E-state index >= 15 is 0 Å². The van der Waals surface area contributed by atoms with Crippen LogP contribution < -0.4 is 0 Å². The molecule has 2 aromatic rings. The van der Waals surface area contributed by atoms with E-state index in [1.807, 2.05) is 0 Å². The van der Waals surface area contributed by atoms with E-state index in [0.29, 0.717) is 6.07 Å². The van der Waals surface area contributed by atoms with Crippen LogP contribution >= 0.6 is 0 Å². The molecule has 0 radical (unpaired) electrons. The summed E-state index contributed by atoms with van der Waals surface area (Å²) >= 11 is 0. The Hall–Kier alpha value is -2.05. The Kier molecular flexibility index (Phi) is 3.21. The fraction of sp³-hybridized carbons (Fsp3) is 0.0833. The lowest BCUT2D eigenvalue weighted by atomic mass is 10.1. The molecule has 19 heavy (non-hydrogen) atoms. The van der Waals surface area contributed by atoms with Gasteiger partial charge < -0.3 is 0 Å². The molecular formula is C12H5F6N. The number of aromatic nitrogens is 1. The molecule has 0 aliphatic heterocycles. The zero-order valence-corrected chi connectivity index (χ0v) is 9.10. The molecule has 0 spiro atoms. The molecule has 1 aromatic heterocycles. The first-order valence-electron chi connectivity index (χ1n) is 4.98. The number of hydrogen-bond acceptors (Lipinski definition) is 1. The van der Waals surface area contributed by atoms with E-state index in [1.165, 1.54) is 0 Å². The van der Waals surface area contributed by atoms with E-state index in [-0.39, 0.29) is 6.07 Å². The van der Waals surface area contributed by atoms with Crippen molar-refractivity contribution in [2.45, 2.75) is 6.18 Å². The quantitative estimate of drug-likeness (QED) is 0.712. The highest BCUT2D eigenvalue weighted by atomic mass is 19.4. The van der Waals surface area contributed by atoms with Crippen molar-refractivity contribution in [2.75, 3.05) is 0 Å². The predicted molar refractivity (Wildman–Crippen MR) is 54.5 cm³/mol. The predicted octanol–water partition coefficient (Wildman–Crippen LogP) is 4.18. The molecule has 1 aromatic carbocycles. The Balaban J connectivity index is 2.63. The van der Waals surface area contributed by atoms with Crippen molar-refractivity contribution in [3.63, 3.8) is 0 Å². The van der Waals surface area contributed by atoms with Crippen LogP contribution in [-0.4, -0.2) is 4.98 Å². The summed E-state index contributed by atoms with van der Waals surface area (Å²) < 4.78 is 76.9. The Morgan fingerprint density at radius 1 is 0.947 bits per heavy atom. The van der Waals surface area contributed by atoms with E-state index < -0.39 is 40.6 Å². The molecule has 100 valence electrons. The first kappa shape index (κ1) is 13.4. The lowest BCUT2D eigenvalue weighted by molar-refractivity contribution is -0.141. The summed E-state index contributed by atoms with van der Waals surface area (Å²) in [7, 11) is 0. The van der Waals surface area contributed by atoms with Crippen LogP contribution in [0.4, 0.5) is 26.3 Å². The van der Waals surface area contributed by atoms with Crippen LogP contribution in [0.3, 0.4) is 0 Å². The zero-order chi connectivity index (χ0) is 14.2. The third-order valence-electron chi connectivity index (χ3n) is 2.31. The highest BCUT2D eigenvalue weighted by Crippen LogP contribution is 2.31. The second-order valence-corrected chi connectivity index (χ2v) is 3.65. The molecule has 0 saturated carbocycles. The van der Waals surface area contributed by atoms with Gasteiger partial charge in [0.25, 0.3) is 0 Å². The molecule has 7 heteroatoms. The van der Waals surface area contributed by atoms with Crippen LogP contribution in [0.1, 0.15) is 5.69 Å². The third kappa shape index (κ3) is 2.69. The van der Waals surface area contributed by atoms with Gasteiger partial charge in [0.1, 0.15) is 11.5 Å². The number of nitrogens with zero attached hydrogens (tertiary/aromatic N) is 1. The number of pyridine rings is 1. The second-order valence-electron chi connectivity index (χ2n) is 3.65. The summed E-state index contributed by atoms with van der Waals surface area (Å²) in [6, 6.07) is 3.69. The molecule has 0 unspecified atom stereocenters. The molecule has 1 heterocycles. The lowest BCUT2D eigenvalue weighted by Gasteiger charge is -2.09. The Bertz CT molecular complexity index is 620. The standard InChI is InChI=1S/C12H5F6N/c13-6-4-9(19-10(5-6)12(16,17)18)7-2-1-3-8(14)11(7)15/h1-5H. The van der Waals surface area contributed by atoms with E-state index in [0.717, 1.165) is 18.2 Å². The van der Waals surface area contributed by atoms with E-state index in [2.05, 4.69) is 4.98 Å². The minimum Gasteiger partial charge on any atom is -0.243 e. The van der Waals surface area contributed by atoms with Crippen LogP contribution in [-0.2, 0) is 6.18 Å². The lowest BCUT2D eigenvalue weighted by Crippen LogP contribution is -2.09. The molecule has 1 nitrogen and oxygen atoms in total. The van der Waals surface area contributed by atoms with Gasteiger partial charge in [-0.3, -0.25) is 0 Å². The summed E-state index contributed by atoms with van der Waals surface area (Å²) in [5, 5.41) is 0. The maximum Gasteiger partial charge on any atom is 0.433 e. The fourth-order valence-electron chi connectivity index (χ4n) is 1.48. The third-order valence-corrected chi connectivity index (χ3v) is 2.31. The highest BCUT2D eigenvalue weighted by molar-refractivity contribution is 5.60. The van der Waals surface area contributed by atoms with Gasteiger partial charge in [0, 0.05) is 17.7 Å². The fourth-order valence-corrected chi connectivity index (χ4v) is 1.48. The first-order chi connectivity index (χ1) is 8.79. The Morgan fingerprint density at radius 2 is 1.63 bits per heavy atom. The van der Waals surface area contributed by atoms with Gasteiger partial charge in [-0.1, -0.05) is 6.07 Å². The van der Waals surface area contributed by atoms with Crippen molar-refractivity contribution in [3.8, 4) is 11.3 Å². The maximum absolute atomic E-state index is 13.4. The Morgan fingerprint density at radius 3 is 2.26 bits per heavy atom. The summed E-state index contributed by atoms with van der Waals surface area (Å²) in [6.45, 7) is 0. The Labute approximate surface area is 103 Å². The van der Waals surface area contributed by atoms with Crippen molar-refractivity contribution in [3.05, 3.63) is 53.5 Å². The van der Waals surface area contributed by atoms with Gasteiger partial charge in [0.15, 0.2) is 11.6 Å². The largest absolute Gasteiger partial charge is 0.433 e. The average Bonchev–Trinajstić information content (AvgIpc) is 2.31. The minimum absolute atomic E-state index is 0.181. The number of hydrogen-bond donors (Lipinski definition) is 0. The van der Waals surface area contributed by atoms with Crippen molar-refractivity contribution in [1.29, 1.82) is 0 Å². The molecule has 0 amide bonds. The van der Waals surface area contributed by atoms with Gasteiger partial charge in [-0.2, -0.15) is 13.2 Å². The van der Waals surface area contributed by atoms with E-state index in [9.17, 15) is 26.3 Å². The molecule has 0 saturated heterocycles. The molecule has 2 rings (SSSR count). The summed E-state index contributed by atoms with van der Waals surface area (Å²) in [4.78, 5) is 3.11. The van der Waals surface area contributed by atoms with Crippen LogP contribution in [0.2, 0.25) is 0 Å². The molecule has 0 fully saturated rings. The van der Waals surface area contributed by atoms with Gasteiger partial charge in [-0.15, -0.1) is 0 Å². The van der Waals surface area contributed by atoms with Crippen LogP contribution in [0, 0.1) is 17.5 Å². The topological polar surface area (TPSA) is 12.9 Å². The molecule has 0 atom stereocenters. The molecule has 0 aliphatic rings. The normalized spacial score (nSPS) is 11.7. The van der Waals surface area contributed by atoms with Gasteiger partial charge >= 0.3 is 6.18 Å². The molecule has 0 N–H and O–H groups in total. The van der Waals surface area contributed by atoms with Crippen molar-refractivity contribution >= 4 is 0 Å². The summed E-state index contributed by atoms with van der Waals surface area (Å²) in [5.74, 6) is -3.87. The second kappa shape index (κ2) is 4.56. The maximum atomic E-state index is 13.4. The number of halogens is 6. The smallest absolute Gasteiger partial charge is 0.243 e. The van der Waals surface area contributed by atoms with Crippen molar-refractivity contribution in [2.24, 2.45) is 0 Å². The highest BCUT2D eigenvalue weighted by Gasteiger charge is 2.33. The first-order valence-corrected chi connectivity index (χ1v) is 4.98. The number of rotatable bonds is 1. The zero-order valence-electron chi connectivity index (χ0n) is 9.10. The van der Waals surface area contributed by atoms with Crippen molar-refractivity contribution < 1.29 is 26.3 Å². The van der Waals surface area contributed by atoms with E-state index in [4.69, 9.17) is 0 Å². The van der Waals surface area contributed by atoms with Crippen LogP contribution in [0.25, 0.3) is 11.3 Å². The van der Waals surface area contributed by atoms with Crippen molar-refractivity contribution in [1.82, 2.24) is 4.98 Å². The van der Waals surface area contributed by atoms with Gasteiger partial charge in [0.2, 0.25) is 0 Å². The summed E-state index contributed by atoms with van der Waals surface area (Å²) in [6.07, 6.45) is -4.87. The molecule has 0 bridgehead atoms. The number of alkyl halides is 3. The monoisotopic (exact) mass is 277 g/mol. The molecule has 0 aliphatic carbocycles. The van der Waals surface area contributed by atoms with Gasteiger partial charge in [-0.05, 0) is 12.1 Å². The summed E-state index contributed by atoms with van der Waals surface area (Å²) in [5.41, 5.74) is -2.67. The van der Waals surface area contributed by atoms with E-state index in [1.54, 1.807) is 0 Å². The van der Waals surface area contributed by atoms with Crippen LogP contribution in [0.5, 0.6) is 0 Å². The average molecular weight is 277 g/mol. The SMILES string of the molecule is Fc1cc(-c2cccc(F)c2F)nc(C(F)(F)F)c1. The van der Waals surface area contributed by atoms with Gasteiger partial charge in [0.05, 0.1) is 5.69 Å². The minimum atomic E-state index is -4.87. The van der Waals surface area contributed by atoms with Crippen LogP contribution in [0.15, 0.2) is 30.3 Å². The van der Waals surface area contributed by atoms with Gasteiger partial charge in [-0.25, -0.2) is 18.2 Å².